The number of halogens is 2. The van der Waals surface area contributed by atoms with Gasteiger partial charge in [0.2, 0.25) is 0 Å². The summed E-state index contributed by atoms with van der Waals surface area (Å²) in [5.41, 5.74) is 1.11. The SMILES string of the molecule is O=[N+]([O-])c1ccccc1CC(O)c1cc(Cl)cc(Br)c1. The van der Waals surface area contributed by atoms with Gasteiger partial charge in [0.05, 0.1) is 11.0 Å². The summed E-state index contributed by atoms with van der Waals surface area (Å²) in [6, 6.07) is 11.5. The van der Waals surface area contributed by atoms with Crippen LogP contribution in [0.2, 0.25) is 5.02 Å². The Morgan fingerprint density at radius 1 is 1.30 bits per heavy atom. The number of hydrogen-bond acceptors (Lipinski definition) is 3. The topological polar surface area (TPSA) is 63.4 Å². The molecule has 0 radical (unpaired) electrons. The van der Waals surface area contributed by atoms with Crippen molar-refractivity contribution in [2.75, 3.05) is 0 Å². The van der Waals surface area contributed by atoms with Gasteiger partial charge in [0.1, 0.15) is 0 Å². The molecular formula is C14H11BrClNO3. The lowest BCUT2D eigenvalue weighted by atomic mass is 10.0. The van der Waals surface area contributed by atoms with Crippen LogP contribution in [-0.4, -0.2) is 10.0 Å². The van der Waals surface area contributed by atoms with E-state index in [1.807, 2.05) is 0 Å². The zero-order valence-electron chi connectivity index (χ0n) is 10.3. The highest BCUT2D eigenvalue weighted by atomic mass is 79.9. The monoisotopic (exact) mass is 355 g/mol. The van der Waals surface area contributed by atoms with Crippen molar-refractivity contribution in [2.24, 2.45) is 0 Å². The van der Waals surface area contributed by atoms with Crippen molar-refractivity contribution in [3.05, 3.63) is 73.2 Å². The Bertz CT molecular complexity index is 628. The van der Waals surface area contributed by atoms with Crippen molar-refractivity contribution in [2.45, 2.75) is 12.5 Å². The van der Waals surface area contributed by atoms with Crippen LogP contribution in [0.5, 0.6) is 0 Å². The number of para-hydroxylation sites is 1. The lowest BCUT2D eigenvalue weighted by Crippen LogP contribution is -2.04. The van der Waals surface area contributed by atoms with E-state index in [0.717, 1.165) is 4.47 Å². The molecule has 2 rings (SSSR count). The van der Waals surface area contributed by atoms with Gasteiger partial charge in [0.15, 0.2) is 0 Å². The number of nitro groups is 1. The second-order valence-corrected chi connectivity index (χ2v) is 5.66. The Hall–Kier alpha value is -1.43. The first-order valence-corrected chi connectivity index (χ1v) is 7.01. The fourth-order valence-corrected chi connectivity index (χ4v) is 2.84. The van der Waals surface area contributed by atoms with Gasteiger partial charge >= 0.3 is 0 Å². The van der Waals surface area contributed by atoms with Gasteiger partial charge in [-0.05, 0) is 23.8 Å². The first-order chi connectivity index (χ1) is 9.47. The minimum absolute atomic E-state index is 0.00708. The van der Waals surface area contributed by atoms with Gasteiger partial charge in [0, 0.05) is 27.5 Å². The smallest absolute Gasteiger partial charge is 0.272 e. The maximum Gasteiger partial charge on any atom is 0.272 e. The molecule has 0 aliphatic heterocycles. The molecule has 4 nitrogen and oxygen atoms in total. The summed E-state index contributed by atoms with van der Waals surface area (Å²) in [6.45, 7) is 0. The number of aliphatic hydroxyl groups is 1. The van der Waals surface area contributed by atoms with Gasteiger partial charge in [0.25, 0.3) is 5.69 Å². The molecule has 0 aliphatic carbocycles. The van der Waals surface area contributed by atoms with E-state index in [4.69, 9.17) is 11.6 Å². The molecule has 0 heterocycles. The van der Waals surface area contributed by atoms with Gasteiger partial charge in [-0.15, -0.1) is 0 Å². The molecule has 2 aromatic rings. The van der Waals surface area contributed by atoms with Crippen LogP contribution in [0.3, 0.4) is 0 Å². The highest BCUT2D eigenvalue weighted by Gasteiger charge is 2.17. The van der Waals surface area contributed by atoms with Crippen LogP contribution in [-0.2, 0) is 6.42 Å². The Balaban J connectivity index is 2.28. The van der Waals surface area contributed by atoms with E-state index >= 15 is 0 Å². The summed E-state index contributed by atoms with van der Waals surface area (Å²) in [6.07, 6.45) is -0.699. The average Bonchev–Trinajstić information content (AvgIpc) is 2.37. The summed E-state index contributed by atoms with van der Waals surface area (Å²) in [7, 11) is 0. The molecule has 0 saturated heterocycles. The molecule has 0 bridgehead atoms. The second-order valence-electron chi connectivity index (χ2n) is 4.31. The molecule has 2 aromatic carbocycles. The second kappa shape index (κ2) is 6.35. The quantitative estimate of drug-likeness (QED) is 0.656. The van der Waals surface area contributed by atoms with Crippen LogP contribution in [0.25, 0.3) is 0 Å². The third-order valence-corrected chi connectivity index (χ3v) is 3.55. The van der Waals surface area contributed by atoms with Gasteiger partial charge in [-0.1, -0.05) is 45.7 Å². The Morgan fingerprint density at radius 2 is 2.00 bits per heavy atom. The molecule has 1 atom stereocenters. The van der Waals surface area contributed by atoms with Crippen molar-refractivity contribution in [3.8, 4) is 0 Å². The molecule has 20 heavy (non-hydrogen) atoms. The summed E-state index contributed by atoms with van der Waals surface area (Å²) in [4.78, 5) is 10.5. The zero-order chi connectivity index (χ0) is 14.7. The minimum atomic E-state index is -0.855. The van der Waals surface area contributed by atoms with Crippen molar-refractivity contribution in [3.63, 3.8) is 0 Å². The van der Waals surface area contributed by atoms with E-state index in [2.05, 4.69) is 15.9 Å². The predicted molar refractivity (Wildman–Crippen MR) is 80.9 cm³/mol. The molecule has 0 fully saturated rings. The molecule has 104 valence electrons. The Morgan fingerprint density at radius 3 is 2.65 bits per heavy atom. The molecule has 6 heteroatoms. The van der Waals surface area contributed by atoms with Crippen molar-refractivity contribution in [1.29, 1.82) is 0 Å². The lowest BCUT2D eigenvalue weighted by molar-refractivity contribution is -0.385. The average molecular weight is 357 g/mol. The van der Waals surface area contributed by atoms with E-state index in [1.165, 1.54) is 6.07 Å². The van der Waals surface area contributed by atoms with E-state index in [-0.39, 0.29) is 12.1 Å². The zero-order valence-corrected chi connectivity index (χ0v) is 12.6. The highest BCUT2D eigenvalue weighted by molar-refractivity contribution is 9.10. The number of nitrogens with zero attached hydrogens (tertiary/aromatic N) is 1. The molecule has 1 unspecified atom stereocenters. The normalized spacial score (nSPS) is 12.2. The number of aliphatic hydroxyl groups excluding tert-OH is 1. The van der Waals surface area contributed by atoms with E-state index < -0.39 is 11.0 Å². The minimum Gasteiger partial charge on any atom is -0.388 e. The number of hydrogen-bond donors (Lipinski definition) is 1. The van der Waals surface area contributed by atoms with Crippen LogP contribution in [0, 0.1) is 10.1 Å². The number of rotatable bonds is 4. The largest absolute Gasteiger partial charge is 0.388 e. The maximum atomic E-state index is 10.9. The summed E-state index contributed by atoms with van der Waals surface area (Å²) >= 11 is 9.23. The first-order valence-electron chi connectivity index (χ1n) is 5.83. The molecule has 0 aliphatic rings. The van der Waals surface area contributed by atoms with Gasteiger partial charge < -0.3 is 5.11 Å². The van der Waals surface area contributed by atoms with E-state index in [1.54, 1.807) is 36.4 Å². The molecule has 0 amide bonds. The first kappa shape index (κ1) is 15.0. The summed E-state index contributed by atoms with van der Waals surface area (Å²) < 4.78 is 0.751. The predicted octanol–water partition coefficient (Wildman–Crippen LogP) is 4.29. The van der Waals surface area contributed by atoms with Crippen LogP contribution >= 0.6 is 27.5 Å². The number of nitro benzene ring substituents is 1. The van der Waals surface area contributed by atoms with E-state index in [9.17, 15) is 15.2 Å². The highest BCUT2D eigenvalue weighted by Crippen LogP contribution is 2.28. The molecule has 0 saturated carbocycles. The van der Waals surface area contributed by atoms with Gasteiger partial charge in [-0.25, -0.2) is 0 Å². The lowest BCUT2D eigenvalue weighted by Gasteiger charge is -2.12. The molecular weight excluding hydrogens is 346 g/mol. The van der Waals surface area contributed by atoms with Crippen molar-refractivity contribution < 1.29 is 10.0 Å². The molecule has 0 aromatic heterocycles. The molecule has 1 N–H and O–H groups in total. The van der Waals surface area contributed by atoms with Crippen LogP contribution in [0.1, 0.15) is 17.2 Å². The van der Waals surface area contributed by atoms with Crippen LogP contribution in [0.15, 0.2) is 46.9 Å². The van der Waals surface area contributed by atoms with Crippen LogP contribution in [0.4, 0.5) is 5.69 Å². The third kappa shape index (κ3) is 3.56. The van der Waals surface area contributed by atoms with Crippen LogP contribution < -0.4 is 0 Å². The molecule has 0 spiro atoms. The fraction of sp³-hybridized carbons (Fsp3) is 0.143. The van der Waals surface area contributed by atoms with Gasteiger partial charge in [-0.2, -0.15) is 0 Å². The van der Waals surface area contributed by atoms with E-state index in [0.29, 0.717) is 16.1 Å². The maximum absolute atomic E-state index is 10.9. The fourth-order valence-electron chi connectivity index (χ4n) is 1.96. The summed E-state index contributed by atoms with van der Waals surface area (Å²) in [5, 5.41) is 21.7. The Kier molecular flexibility index (Phi) is 4.75. The third-order valence-electron chi connectivity index (χ3n) is 2.87. The Labute approximate surface area is 129 Å². The van der Waals surface area contributed by atoms with Crippen molar-refractivity contribution in [1.82, 2.24) is 0 Å². The number of benzene rings is 2. The van der Waals surface area contributed by atoms with Crippen molar-refractivity contribution >= 4 is 33.2 Å². The van der Waals surface area contributed by atoms with Gasteiger partial charge in [-0.3, -0.25) is 10.1 Å². The summed E-state index contributed by atoms with van der Waals surface area (Å²) in [5.74, 6) is 0. The standard InChI is InChI=1S/C14H11BrClNO3/c15-11-5-10(6-12(16)8-11)14(18)7-9-3-1-2-4-13(9)17(19)20/h1-6,8,14,18H,7H2.